The Balaban J connectivity index is 0. The van der Waals surface area contributed by atoms with E-state index in [1.54, 1.807) is 0 Å². The van der Waals surface area contributed by atoms with Crippen LogP contribution in [0.5, 0.6) is 0 Å². The smallest absolute Gasteiger partial charge is 0.0140 e. The first kappa shape index (κ1) is 14.9. The zero-order valence-electron chi connectivity index (χ0n) is 8.53. The molecule has 0 saturated heterocycles. The Morgan fingerprint density at radius 3 is 1.69 bits per heavy atom. The lowest BCUT2D eigenvalue weighted by molar-refractivity contribution is 0.505. The molecular weight excluding hydrogens is 226 g/mol. The average molecular weight is 244 g/mol. The minimum Gasteiger partial charge on any atom is -0.312 e. The maximum absolute atomic E-state index is 3.63. The molecule has 1 aromatic carbocycles. The van der Waals surface area contributed by atoms with Gasteiger partial charge in [0.25, 0.3) is 0 Å². The molecule has 0 heterocycles. The zero-order valence-corrected chi connectivity index (χ0v) is 10.2. The number of hydrogen-bond donors (Lipinski definition) is 0. The van der Waals surface area contributed by atoms with Crippen molar-refractivity contribution >= 4 is 23.1 Å². The van der Waals surface area contributed by atoms with E-state index in [0.29, 0.717) is 0 Å². The molecule has 0 aliphatic carbocycles. The molecule has 1 aromatic rings. The number of nitrogens with zero attached hydrogens (tertiary/aromatic N) is 1. The molecule has 0 aromatic heterocycles. The molecule has 0 atom stereocenters. The third kappa shape index (κ3) is 11.4. The molecule has 2 heteroatoms. The van der Waals surface area contributed by atoms with Crippen molar-refractivity contribution in [3.8, 4) is 0 Å². The van der Waals surface area contributed by atoms with Gasteiger partial charge in [-0.15, -0.1) is 17.0 Å². The summed E-state index contributed by atoms with van der Waals surface area (Å²) in [5.74, 6) is 0. The van der Waals surface area contributed by atoms with Gasteiger partial charge in [0.05, 0.1) is 0 Å². The van der Waals surface area contributed by atoms with Gasteiger partial charge in [-0.3, -0.25) is 0 Å². The van der Waals surface area contributed by atoms with E-state index in [9.17, 15) is 0 Å². The fraction of sp³-hybridized carbons (Fsp3) is 0.273. The van der Waals surface area contributed by atoms with Crippen LogP contribution in [0.4, 0.5) is 0 Å². The molecule has 1 nitrogen and oxygen atoms in total. The van der Waals surface area contributed by atoms with Crippen molar-refractivity contribution in [1.29, 1.82) is 0 Å². The molecular formula is C11H18BrN. The van der Waals surface area contributed by atoms with Gasteiger partial charge in [-0.1, -0.05) is 43.0 Å². The fourth-order valence-corrected chi connectivity index (χ4v) is 0.589. The van der Waals surface area contributed by atoms with E-state index < -0.39 is 0 Å². The first-order valence-electron chi connectivity index (χ1n) is 3.95. The molecule has 0 N–H and O–H groups in total. The summed E-state index contributed by atoms with van der Waals surface area (Å²) in [5, 5.41) is 0. The molecule has 0 saturated carbocycles. The molecule has 13 heavy (non-hydrogen) atoms. The number of hydrogen-bond acceptors (Lipinski definition) is 1. The quantitative estimate of drug-likeness (QED) is 0.733. The van der Waals surface area contributed by atoms with Crippen LogP contribution in [-0.2, 0) is 0 Å². The van der Waals surface area contributed by atoms with E-state index in [2.05, 4.69) is 6.58 Å². The molecule has 0 fully saturated rings. The summed E-state index contributed by atoms with van der Waals surface area (Å²) in [5.41, 5.74) is 1.17. The Hall–Kier alpha value is -0.600. The van der Waals surface area contributed by atoms with Gasteiger partial charge >= 0.3 is 0 Å². The van der Waals surface area contributed by atoms with Crippen molar-refractivity contribution in [2.24, 2.45) is 0 Å². The molecule has 0 spiro atoms. The van der Waals surface area contributed by atoms with Crippen molar-refractivity contribution in [2.75, 3.05) is 21.1 Å². The summed E-state index contributed by atoms with van der Waals surface area (Å²) in [6, 6.07) is 10.0. The number of halogens is 1. The van der Waals surface area contributed by atoms with Gasteiger partial charge in [-0.05, 0) is 26.7 Å². The van der Waals surface area contributed by atoms with Crippen LogP contribution in [0.3, 0.4) is 0 Å². The van der Waals surface area contributed by atoms with Gasteiger partial charge in [0.15, 0.2) is 0 Å². The lowest BCUT2D eigenvalue weighted by Crippen LogP contribution is -1.99. The van der Waals surface area contributed by atoms with Crippen LogP contribution < -0.4 is 0 Å². The van der Waals surface area contributed by atoms with E-state index in [1.807, 2.05) is 62.5 Å². The lowest BCUT2D eigenvalue weighted by Gasteiger charge is -1.90. The van der Waals surface area contributed by atoms with Crippen molar-refractivity contribution in [1.82, 2.24) is 4.90 Å². The van der Waals surface area contributed by atoms with E-state index in [-0.39, 0.29) is 17.0 Å². The molecule has 74 valence electrons. The van der Waals surface area contributed by atoms with Gasteiger partial charge in [0, 0.05) is 0 Å². The van der Waals surface area contributed by atoms with E-state index in [1.165, 1.54) is 5.56 Å². The highest BCUT2D eigenvalue weighted by molar-refractivity contribution is 8.93. The van der Waals surface area contributed by atoms with E-state index >= 15 is 0 Å². The highest BCUT2D eigenvalue weighted by Gasteiger charge is 1.75. The van der Waals surface area contributed by atoms with E-state index in [0.717, 1.165) is 0 Å². The van der Waals surface area contributed by atoms with Gasteiger partial charge in [-0.2, -0.15) is 0 Å². The first-order chi connectivity index (χ1) is 5.66. The van der Waals surface area contributed by atoms with Crippen molar-refractivity contribution in [2.45, 2.75) is 0 Å². The molecule has 0 amide bonds. The minimum absolute atomic E-state index is 0. The summed E-state index contributed by atoms with van der Waals surface area (Å²) < 4.78 is 0. The van der Waals surface area contributed by atoms with Crippen molar-refractivity contribution in [3.63, 3.8) is 0 Å². The molecule has 0 bridgehead atoms. The van der Waals surface area contributed by atoms with Crippen LogP contribution in [0.15, 0.2) is 36.9 Å². The van der Waals surface area contributed by atoms with Crippen LogP contribution in [0, 0.1) is 0 Å². The van der Waals surface area contributed by atoms with Crippen molar-refractivity contribution < 1.29 is 0 Å². The standard InChI is InChI=1S/C8H8.C3H9N.BrH/c1-2-8-6-4-3-5-7-8;1-4(2)3;/h2-7H,1H2;1-3H3;1H. The molecule has 0 radical (unpaired) electrons. The van der Waals surface area contributed by atoms with Crippen LogP contribution in [0.2, 0.25) is 0 Å². The van der Waals surface area contributed by atoms with Gasteiger partial charge in [0.1, 0.15) is 0 Å². The summed E-state index contributed by atoms with van der Waals surface area (Å²) in [7, 11) is 6.00. The highest BCUT2D eigenvalue weighted by Crippen LogP contribution is 1.97. The maximum Gasteiger partial charge on any atom is -0.0140 e. The fourth-order valence-electron chi connectivity index (χ4n) is 0.589. The van der Waals surface area contributed by atoms with Gasteiger partial charge in [-0.25, -0.2) is 0 Å². The summed E-state index contributed by atoms with van der Waals surface area (Å²) >= 11 is 0. The SMILES string of the molecule is Br.C=Cc1ccccc1.CN(C)C. The third-order valence-electron chi connectivity index (χ3n) is 1.04. The molecule has 1 rings (SSSR count). The van der Waals surface area contributed by atoms with Gasteiger partial charge < -0.3 is 4.90 Å². The molecule has 0 aliphatic heterocycles. The predicted molar refractivity (Wildman–Crippen MR) is 66.5 cm³/mol. The van der Waals surface area contributed by atoms with Gasteiger partial charge in [0.2, 0.25) is 0 Å². The molecule has 0 aliphatic rings. The largest absolute Gasteiger partial charge is 0.312 e. The summed E-state index contributed by atoms with van der Waals surface area (Å²) in [6.07, 6.45) is 1.83. The predicted octanol–water partition coefficient (Wildman–Crippen LogP) is 3.09. The first-order valence-corrected chi connectivity index (χ1v) is 3.95. The average Bonchev–Trinajstić information content (AvgIpc) is 2.05. The van der Waals surface area contributed by atoms with Crippen LogP contribution >= 0.6 is 17.0 Å². The lowest BCUT2D eigenvalue weighted by atomic mass is 10.2. The number of benzene rings is 1. The summed E-state index contributed by atoms with van der Waals surface area (Å²) in [6.45, 7) is 3.63. The maximum atomic E-state index is 3.63. The zero-order chi connectivity index (χ0) is 9.40. The topological polar surface area (TPSA) is 3.24 Å². The Bertz CT molecular complexity index is 204. The van der Waals surface area contributed by atoms with E-state index in [4.69, 9.17) is 0 Å². The van der Waals surface area contributed by atoms with Crippen LogP contribution in [-0.4, -0.2) is 26.0 Å². The Morgan fingerprint density at radius 2 is 1.46 bits per heavy atom. The Kier molecular flexibility index (Phi) is 10.9. The number of rotatable bonds is 1. The monoisotopic (exact) mass is 243 g/mol. The highest BCUT2D eigenvalue weighted by atomic mass is 79.9. The Morgan fingerprint density at radius 1 is 1.08 bits per heavy atom. The minimum atomic E-state index is 0. The molecule has 0 unspecified atom stereocenters. The van der Waals surface area contributed by atoms with Crippen LogP contribution in [0.1, 0.15) is 5.56 Å². The third-order valence-corrected chi connectivity index (χ3v) is 1.04. The second kappa shape index (κ2) is 9.49. The Labute approximate surface area is 91.8 Å². The second-order valence-corrected chi connectivity index (χ2v) is 2.96. The van der Waals surface area contributed by atoms with Crippen LogP contribution in [0.25, 0.3) is 6.08 Å². The normalized spacial score (nSPS) is 8.00. The summed E-state index contributed by atoms with van der Waals surface area (Å²) in [4.78, 5) is 2.00. The van der Waals surface area contributed by atoms with Crippen molar-refractivity contribution in [3.05, 3.63) is 42.5 Å². The second-order valence-electron chi connectivity index (χ2n) is 2.96.